The maximum atomic E-state index is 11.3. The molecule has 124 valence electrons. The molecule has 0 aromatic heterocycles. The van der Waals surface area contributed by atoms with Crippen molar-refractivity contribution in [3.8, 4) is 5.75 Å². The number of nitrogens with zero attached hydrogens (tertiary/aromatic N) is 1. The fourth-order valence-corrected chi connectivity index (χ4v) is 2.89. The number of aryl methyl sites for hydroxylation is 1. The lowest BCUT2D eigenvalue weighted by Gasteiger charge is -2.23. The Morgan fingerprint density at radius 1 is 1.35 bits per heavy atom. The van der Waals surface area contributed by atoms with Gasteiger partial charge in [0.1, 0.15) is 11.3 Å². The number of phenols is 1. The van der Waals surface area contributed by atoms with E-state index in [4.69, 9.17) is 12.2 Å². The molecule has 1 aliphatic carbocycles. The van der Waals surface area contributed by atoms with Crippen LogP contribution in [-0.4, -0.2) is 33.6 Å². The van der Waals surface area contributed by atoms with Crippen LogP contribution in [0, 0.1) is 6.92 Å². The molecule has 0 amide bonds. The molecule has 7 heteroatoms. The standard InChI is InChI=1S/C16H21N3O3S/c1-10-7-8-11(13(14(10)20)15(21)22)9-17-19-16(23)18-12-5-3-2-4-6-12/h7-9,12,20H,2-6H2,1H3,(H,21,22)(H2,18,19,23)/b17-9+. The summed E-state index contributed by atoms with van der Waals surface area (Å²) in [5.41, 5.74) is 3.34. The fourth-order valence-electron chi connectivity index (χ4n) is 2.67. The van der Waals surface area contributed by atoms with Crippen molar-refractivity contribution >= 4 is 29.5 Å². The van der Waals surface area contributed by atoms with Crippen LogP contribution in [0.4, 0.5) is 0 Å². The Bertz CT molecular complexity index is 625. The van der Waals surface area contributed by atoms with Crippen molar-refractivity contribution in [3.63, 3.8) is 0 Å². The van der Waals surface area contributed by atoms with Gasteiger partial charge in [0.05, 0.1) is 6.21 Å². The molecule has 4 N–H and O–H groups in total. The summed E-state index contributed by atoms with van der Waals surface area (Å²) in [6, 6.07) is 3.61. The number of hydrogen-bond acceptors (Lipinski definition) is 4. The second-order valence-corrected chi connectivity index (χ2v) is 6.09. The normalized spacial score (nSPS) is 15.5. The molecule has 0 atom stereocenters. The molecule has 1 aromatic carbocycles. The molecule has 0 radical (unpaired) electrons. The van der Waals surface area contributed by atoms with Crippen molar-refractivity contribution < 1.29 is 15.0 Å². The van der Waals surface area contributed by atoms with Crippen LogP contribution < -0.4 is 10.7 Å². The topological polar surface area (TPSA) is 94.0 Å². The lowest BCUT2D eigenvalue weighted by molar-refractivity contribution is 0.0693. The molecular weight excluding hydrogens is 314 g/mol. The first kappa shape index (κ1) is 17.2. The van der Waals surface area contributed by atoms with Crippen LogP contribution in [-0.2, 0) is 0 Å². The molecule has 2 rings (SSSR count). The van der Waals surface area contributed by atoms with E-state index in [-0.39, 0.29) is 11.3 Å². The third-order valence-corrected chi connectivity index (χ3v) is 4.15. The highest BCUT2D eigenvalue weighted by Crippen LogP contribution is 2.24. The summed E-state index contributed by atoms with van der Waals surface area (Å²) in [5.74, 6) is -1.44. The molecule has 1 aromatic rings. The number of carboxylic acids is 1. The van der Waals surface area contributed by atoms with Crippen LogP contribution in [0.25, 0.3) is 0 Å². The van der Waals surface area contributed by atoms with E-state index in [1.165, 1.54) is 25.5 Å². The largest absolute Gasteiger partial charge is 0.507 e. The van der Waals surface area contributed by atoms with Crippen LogP contribution in [0.5, 0.6) is 5.75 Å². The predicted octanol–water partition coefficient (Wildman–Crippen LogP) is 2.53. The van der Waals surface area contributed by atoms with Crippen molar-refractivity contribution in [2.24, 2.45) is 5.10 Å². The number of nitrogens with one attached hydrogen (secondary N) is 2. The maximum Gasteiger partial charge on any atom is 0.340 e. The Morgan fingerprint density at radius 3 is 2.70 bits per heavy atom. The zero-order chi connectivity index (χ0) is 16.8. The third-order valence-electron chi connectivity index (χ3n) is 3.94. The van der Waals surface area contributed by atoms with E-state index in [9.17, 15) is 15.0 Å². The summed E-state index contributed by atoms with van der Waals surface area (Å²) in [6.45, 7) is 1.64. The van der Waals surface area contributed by atoms with E-state index in [0.29, 0.717) is 22.3 Å². The van der Waals surface area contributed by atoms with Gasteiger partial charge in [0, 0.05) is 11.6 Å². The van der Waals surface area contributed by atoms with E-state index in [1.54, 1.807) is 19.1 Å². The first-order chi connectivity index (χ1) is 11.0. The highest BCUT2D eigenvalue weighted by Gasteiger charge is 2.16. The minimum absolute atomic E-state index is 0.165. The summed E-state index contributed by atoms with van der Waals surface area (Å²) < 4.78 is 0. The van der Waals surface area contributed by atoms with Gasteiger partial charge in [-0.3, -0.25) is 5.43 Å². The minimum atomic E-state index is -1.20. The summed E-state index contributed by atoms with van der Waals surface area (Å²) in [5, 5.41) is 26.7. The van der Waals surface area contributed by atoms with Gasteiger partial charge in [-0.2, -0.15) is 5.10 Å². The van der Waals surface area contributed by atoms with Gasteiger partial charge in [0.25, 0.3) is 0 Å². The van der Waals surface area contributed by atoms with Crippen LogP contribution in [0.15, 0.2) is 17.2 Å². The van der Waals surface area contributed by atoms with Crippen molar-refractivity contribution in [1.82, 2.24) is 10.7 Å². The molecule has 1 fully saturated rings. The monoisotopic (exact) mass is 335 g/mol. The Morgan fingerprint density at radius 2 is 2.04 bits per heavy atom. The number of aromatic hydroxyl groups is 1. The SMILES string of the molecule is Cc1ccc(/C=N/NC(=S)NC2CCCCC2)c(C(=O)O)c1O. The molecule has 1 saturated carbocycles. The number of carbonyl (C=O) groups is 1. The Balaban J connectivity index is 1.99. The molecule has 0 heterocycles. The molecular formula is C16H21N3O3S. The maximum absolute atomic E-state index is 11.3. The van der Waals surface area contributed by atoms with E-state index >= 15 is 0 Å². The molecule has 23 heavy (non-hydrogen) atoms. The molecule has 0 aliphatic heterocycles. The molecule has 0 unspecified atom stereocenters. The second kappa shape index (κ2) is 7.92. The fraction of sp³-hybridized carbons (Fsp3) is 0.438. The van der Waals surface area contributed by atoms with Gasteiger partial charge < -0.3 is 15.5 Å². The Kier molecular flexibility index (Phi) is 5.92. The zero-order valence-corrected chi connectivity index (χ0v) is 13.8. The Labute approximate surface area is 140 Å². The van der Waals surface area contributed by atoms with E-state index in [1.807, 2.05) is 0 Å². The average Bonchev–Trinajstić information content (AvgIpc) is 2.51. The van der Waals surface area contributed by atoms with Crippen molar-refractivity contribution in [3.05, 3.63) is 28.8 Å². The number of rotatable bonds is 4. The van der Waals surface area contributed by atoms with Crippen molar-refractivity contribution in [2.75, 3.05) is 0 Å². The first-order valence-electron chi connectivity index (χ1n) is 7.64. The average molecular weight is 335 g/mol. The first-order valence-corrected chi connectivity index (χ1v) is 8.05. The van der Waals surface area contributed by atoms with Gasteiger partial charge in [-0.25, -0.2) is 4.79 Å². The lowest BCUT2D eigenvalue weighted by atomic mass is 9.96. The number of carboxylic acid groups (broad SMARTS) is 1. The quantitative estimate of drug-likeness (QED) is 0.384. The van der Waals surface area contributed by atoms with Crippen LogP contribution in [0.1, 0.15) is 53.6 Å². The predicted molar refractivity (Wildman–Crippen MR) is 93.1 cm³/mol. The van der Waals surface area contributed by atoms with Gasteiger partial charge in [-0.05, 0) is 37.5 Å². The van der Waals surface area contributed by atoms with E-state index in [0.717, 1.165) is 12.8 Å². The highest BCUT2D eigenvalue weighted by atomic mass is 32.1. The van der Waals surface area contributed by atoms with E-state index in [2.05, 4.69) is 15.8 Å². The lowest BCUT2D eigenvalue weighted by Crippen LogP contribution is -2.40. The van der Waals surface area contributed by atoms with Crippen LogP contribution >= 0.6 is 12.2 Å². The second-order valence-electron chi connectivity index (χ2n) is 5.68. The van der Waals surface area contributed by atoms with Gasteiger partial charge in [-0.15, -0.1) is 0 Å². The number of thiocarbonyl (C=S) groups is 1. The Hall–Kier alpha value is -2.15. The number of hydrazone groups is 1. The zero-order valence-electron chi connectivity index (χ0n) is 13.0. The van der Waals surface area contributed by atoms with Gasteiger partial charge in [0.2, 0.25) is 0 Å². The minimum Gasteiger partial charge on any atom is -0.507 e. The molecule has 0 bridgehead atoms. The third kappa shape index (κ3) is 4.66. The van der Waals surface area contributed by atoms with Crippen LogP contribution in [0.2, 0.25) is 0 Å². The number of aromatic carboxylic acids is 1. The van der Waals surface area contributed by atoms with Gasteiger partial charge in [0.15, 0.2) is 5.11 Å². The van der Waals surface area contributed by atoms with E-state index < -0.39 is 5.97 Å². The molecule has 1 aliphatic rings. The van der Waals surface area contributed by atoms with Gasteiger partial charge in [-0.1, -0.05) is 31.4 Å². The summed E-state index contributed by atoms with van der Waals surface area (Å²) in [7, 11) is 0. The molecule has 6 nitrogen and oxygen atoms in total. The van der Waals surface area contributed by atoms with Crippen LogP contribution in [0.3, 0.4) is 0 Å². The smallest absolute Gasteiger partial charge is 0.340 e. The van der Waals surface area contributed by atoms with Crippen molar-refractivity contribution in [1.29, 1.82) is 0 Å². The highest BCUT2D eigenvalue weighted by molar-refractivity contribution is 7.80. The summed E-state index contributed by atoms with van der Waals surface area (Å²) >= 11 is 5.18. The van der Waals surface area contributed by atoms with Gasteiger partial charge >= 0.3 is 5.97 Å². The summed E-state index contributed by atoms with van der Waals surface area (Å²) in [6.07, 6.45) is 7.21. The molecule has 0 saturated heterocycles. The number of hydrogen-bond donors (Lipinski definition) is 4. The molecule has 0 spiro atoms. The summed E-state index contributed by atoms with van der Waals surface area (Å²) in [4.78, 5) is 11.3. The number of benzene rings is 1. The van der Waals surface area contributed by atoms with Crippen molar-refractivity contribution in [2.45, 2.75) is 45.1 Å².